The van der Waals surface area contributed by atoms with Gasteiger partial charge in [-0.15, -0.1) is 0 Å². The Kier molecular flexibility index (Phi) is 13.2. The minimum absolute atomic E-state index is 0.0665. The lowest BCUT2D eigenvalue weighted by Gasteiger charge is -2.47. The number of rotatable bonds is 15. The number of hydrogen-bond donors (Lipinski definition) is 1. The lowest BCUT2D eigenvalue weighted by Crippen LogP contribution is -2.47. The van der Waals surface area contributed by atoms with Gasteiger partial charge in [0.2, 0.25) is 11.8 Å². The molecule has 0 spiro atoms. The first-order valence-corrected chi connectivity index (χ1v) is 17.5. The number of benzene rings is 3. The van der Waals surface area contributed by atoms with E-state index in [0.29, 0.717) is 45.6 Å². The van der Waals surface area contributed by atoms with E-state index in [1.807, 2.05) is 90.6 Å². The highest BCUT2D eigenvalue weighted by Crippen LogP contribution is 2.49. The van der Waals surface area contributed by atoms with E-state index < -0.39 is 0 Å². The van der Waals surface area contributed by atoms with Crippen LogP contribution in [-0.2, 0) is 29.1 Å². The molecule has 1 aliphatic rings. The van der Waals surface area contributed by atoms with Gasteiger partial charge in [0.05, 0.1) is 0 Å². The van der Waals surface area contributed by atoms with Gasteiger partial charge in [-0.25, -0.2) is 4.79 Å². The Balaban J connectivity index is 1.26. The third-order valence-corrected chi connectivity index (χ3v) is 9.69. The molecule has 0 radical (unpaired) electrons. The highest BCUT2D eigenvalue weighted by molar-refractivity contribution is 5.77. The topological polar surface area (TPSA) is 73.0 Å². The predicted octanol–water partition coefficient (Wildman–Crippen LogP) is 7.56. The van der Waals surface area contributed by atoms with Crippen molar-refractivity contribution >= 4 is 17.8 Å². The molecule has 258 valence electrons. The van der Waals surface area contributed by atoms with Crippen LogP contribution in [0.5, 0.6) is 0 Å². The van der Waals surface area contributed by atoms with E-state index in [9.17, 15) is 14.4 Å². The highest BCUT2D eigenvalue weighted by atomic mass is 16.2. The largest absolute Gasteiger partial charge is 0.346 e. The summed E-state index contributed by atoms with van der Waals surface area (Å²) in [4.78, 5) is 45.2. The van der Waals surface area contributed by atoms with Gasteiger partial charge in [-0.1, -0.05) is 112 Å². The summed E-state index contributed by atoms with van der Waals surface area (Å²) in [5.74, 6) is 0.531. The molecule has 0 bridgehead atoms. The normalized spacial score (nSPS) is 18.5. The van der Waals surface area contributed by atoms with Crippen LogP contribution in [0.15, 0.2) is 91.0 Å². The van der Waals surface area contributed by atoms with Crippen molar-refractivity contribution in [1.82, 2.24) is 20.0 Å². The Hall–Kier alpha value is -4.13. The minimum Gasteiger partial charge on any atom is -0.346 e. The number of nitrogens with one attached hydrogen (secondary N) is 1. The maximum Gasteiger partial charge on any atom is 0.318 e. The predicted molar refractivity (Wildman–Crippen MR) is 194 cm³/mol. The smallest absolute Gasteiger partial charge is 0.318 e. The SMILES string of the molecule is CN(CCCN(C)C(=O)CC1CC(C)(C)CC(C)(CNC(=O)N(Cc2ccccc2)Cc2ccccc2)C1)C(=O)CCc1ccccc1. The molecule has 0 saturated heterocycles. The molecule has 3 aromatic rings. The molecule has 0 heterocycles. The van der Waals surface area contributed by atoms with Crippen molar-refractivity contribution in [1.29, 1.82) is 0 Å². The number of urea groups is 1. The number of nitrogens with zero attached hydrogens (tertiary/aromatic N) is 3. The fraction of sp³-hybridized carbons (Fsp3) is 0.488. The zero-order chi connectivity index (χ0) is 34.6. The zero-order valence-electron chi connectivity index (χ0n) is 29.8. The second-order valence-corrected chi connectivity index (χ2v) is 15.1. The standard InChI is InChI=1S/C41H56N4O3/c1-40(2)27-36(26-38(47)44(5)25-15-24-43(4)37(46)23-22-33-16-9-6-10-17-33)28-41(3,31-40)32-42-39(48)45(29-34-18-11-7-12-19-34)30-35-20-13-8-14-21-35/h6-14,16-21,36H,15,22-32H2,1-5H3,(H,42,48). The number of aryl methyl sites for hydroxylation is 1. The van der Waals surface area contributed by atoms with Crippen LogP contribution in [0.3, 0.4) is 0 Å². The fourth-order valence-corrected chi connectivity index (χ4v) is 7.62. The fourth-order valence-electron chi connectivity index (χ4n) is 7.62. The van der Waals surface area contributed by atoms with Gasteiger partial charge in [-0.2, -0.15) is 0 Å². The van der Waals surface area contributed by atoms with Gasteiger partial charge in [-0.3, -0.25) is 9.59 Å². The molecule has 4 rings (SSSR count). The molecule has 2 unspecified atom stereocenters. The molecule has 2 atom stereocenters. The van der Waals surface area contributed by atoms with E-state index >= 15 is 0 Å². The molecule has 0 aromatic heterocycles. The first-order valence-electron chi connectivity index (χ1n) is 17.5. The van der Waals surface area contributed by atoms with Crippen LogP contribution in [-0.4, -0.2) is 66.3 Å². The second-order valence-electron chi connectivity index (χ2n) is 15.1. The van der Waals surface area contributed by atoms with Gasteiger partial charge in [0.15, 0.2) is 0 Å². The lowest BCUT2D eigenvalue weighted by molar-refractivity contribution is -0.132. The quantitative estimate of drug-likeness (QED) is 0.184. The van der Waals surface area contributed by atoms with Gasteiger partial charge in [0, 0.05) is 59.7 Å². The molecule has 48 heavy (non-hydrogen) atoms. The third-order valence-electron chi connectivity index (χ3n) is 9.69. The van der Waals surface area contributed by atoms with Crippen LogP contribution in [0, 0.1) is 16.7 Å². The van der Waals surface area contributed by atoms with Gasteiger partial charge in [-0.05, 0) is 65.5 Å². The number of carbonyl (C=O) groups excluding carboxylic acids is 3. The molecular formula is C41H56N4O3. The summed E-state index contributed by atoms with van der Waals surface area (Å²) in [6, 6.07) is 30.2. The molecule has 1 fully saturated rings. The van der Waals surface area contributed by atoms with Crippen molar-refractivity contribution in [3.8, 4) is 0 Å². The van der Waals surface area contributed by atoms with Gasteiger partial charge >= 0.3 is 6.03 Å². The van der Waals surface area contributed by atoms with Gasteiger partial charge in [0.25, 0.3) is 0 Å². The van der Waals surface area contributed by atoms with Crippen LogP contribution < -0.4 is 5.32 Å². The maximum absolute atomic E-state index is 13.7. The zero-order valence-corrected chi connectivity index (χ0v) is 29.8. The Morgan fingerprint density at radius 1 is 0.708 bits per heavy atom. The summed E-state index contributed by atoms with van der Waals surface area (Å²) in [6.45, 7) is 9.72. The first-order chi connectivity index (χ1) is 22.9. The average molecular weight is 653 g/mol. The molecule has 7 heteroatoms. The summed E-state index contributed by atoms with van der Waals surface area (Å²) in [5.41, 5.74) is 3.31. The molecule has 0 aliphatic heterocycles. The molecule has 3 aromatic carbocycles. The van der Waals surface area contributed by atoms with Crippen molar-refractivity contribution in [2.24, 2.45) is 16.7 Å². The van der Waals surface area contributed by atoms with Crippen LogP contribution in [0.25, 0.3) is 0 Å². The molecular weight excluding hydrogens is 596 g/mol. The summed E-state index contributed by atoms with van der Waals surface area (Å²) >= 11 is 0. The van der Waals surface area contributed by atoms with E-state index in [-0.39, 0.29) is 34.6 Å². The van der Waals surface area contributed by atoms with Crippen molar-refractivity contribution in [2.45, 2.75) is 78.8 Å². The molecule has 7 nitrogen and oxygen atoms in total. The molecule has 4 amide bonds. The average Bonchev–Trinajstić information content (AvgIpc) is 3.06. The number of hydrogen-bond acceptors (Lipinski definition) is 3. The van der Waals surface area contributed by atoms with Crippen molar-refractivity contribution in [3.63, 3.8) is 0 Å². The maximum atomic E-state index is 13.7. The summed E-state index contributed by atoms with van der Waals surface area (Å²) < 4.78 is 0. The minimum atomic E-state index is -0.116. The molecule has 1 aliphatic carbocycles. The Bertz CT molecular complexity index is 1400. The Morgan fingerprint density at radius 3 is 1.75 bits per heavy atom. The van der Waals surface area contributed by atoms with Crippen LogP contribution in [0.4, 0.5) is 4.79 Å². The molecule has 1 N–H and O–H groups in total. The van der Waals surface area contributed by atoms with Crippen molar-refractivity contribution in [2.75, 3.05) is 33.7 Å². The van der Waals surface area contributed by atoms with E-state index in [2.05, 4.69) is 50.4 Å². The lowest BCUT2D eigenvalue weighted by atomic mass is 9.60. The van der Waals surface area contributed by atoms with Crippen LogP contribution in [0.2, 0.25) is 0 Å². The molecule has 1 saturated carbocycles. The van der Waals surface area contributed by atoms with Gasteiger partial charge < -0.3 is 20.0 Å². The van der Waals surface area contributed by atoms with E-state index in [4.69, 9.17) is 0 Å². The van der Waals surface area contributed by atoms with E-state index in [1.165, 1.54) is 5.56 Å². The monoisotopic (exact) mass is 652 g/mol. The van der Waals surface area contributed by atoms with Gasteiger partial charge in [0.1, 0.15) is 0 Å². The summed E-state index contributed by atoms with van der Waals surface area (Å²) in [5, 5.41) is 3.29. The Labute approximate surface area is 288 Å². The van der Waals surface area contributed by atoms with Crippen LogP contribution >= 0.6 is 0 Å². The second kappa shape index (κ2) is 17.3. The first kappa shape index (κ1) is 36.7. The number of amides is 4. The van der Waals surface area contributed by atoms with Crippen LogP contribution in [0.1, 0.15) is 76.0 Å². The highest BCUT2D eigenvalue weighted by Gasteiger charge is 2.42. The summed E-state index contributed by atoms with van der Waals surface area (Å²) in [7, 11) is 3.72. The van der Waals surface area contributed by atoms with Crippen molar-refractivity contribution in [3.05, 3.63) is 108 Å². The number of carbonyl (C=O) groups is 3. The van der Waals surface area contributed by atoms with E-state index in [0.717, 1.165) is 43.2 Å². The van der Waals surface area contributed by atoms with E-state index in [1.54, 1.807) is 4.90 Å². The van der Waals surface area contributed by atoms with Crippen molar-refractivity contribution < 1.29 is 14.4 Å². The Morgan fingerprint density at radius 2 is 1.21 bits per heavy atom. The third kappa shape index (κ3) is 11.8. The summed E-state index contributed by atoms with van der Waals surface area (Å²) in [6.07, 6.45) is 5.35.